The Morgan fingerprint density at radius 1 is 1.50 bits per heavy atom. The lowest BCUT2D eigenvalue weighted by Gasteiger charge is -2.11. The predicted octanol–water partition coefficient (Wildman–Crippen LogP) is 0.948. The van der Waals surface area contributed by atoms with Crippen molar-refractivity contribution < 1.29 is 13.2 Å². The first-order valence-corrected chi connectivity index (χ1v) is 8.50. The summed E-state index contributed by atoms with van der Waals surface area (Å²) in [6.07, 6.45) is 0.655. The molecule has 0 saturated carbocycles. The molecule has 0 aliphatic carbocycles. The van der Waals surface area contributed by atoms with Crippen molar-refractivity contribution >= 4 is 48.3 Å². The fraction of sp³-hybridized carbons (Fsp3) is 0.625. The molecule has 0 bridgehead atoms. The van der Waals surface area contributed by atoms with Crippen LogP contribution in [0, 0.1) is 0 Å². The van der Waals surface area contributed by atoms with Crippen LogP contribution in [0.4, 0.5) is 5.13 Å². The van der Waals surface area contributed by atoms with Crippen LogP contribution in [0.1, 0.15) is 20.3 Å². The van der Waals surface area contributed by atoms with Crippen molar-refractivity contribution in [3.8, 4) is 0 Å². The molecule has 0 fully saturated rings. The smallest absolute Gasteiger partial charge is 0.270 e. The molecule has 1 atom stereocenters. The highest BCUT2D eigenvalue weighted by Gasteiger charge is 2.23. The van der Waals surface area contributed by atoms with E-state index < -0.39 is 10.0 Å². The molecular weight excluding hydrogens is 344 g/mol. The van der Waals surface area contributed by atoms with Crippen molar-refractivity contribution in [1.29, 1.82) is 0 Å². The van der Waals surface area contributed by atoms with Crippen LogP contribution in [0.25, 0.3) is 0 Å². The third-order valence-electron chi connectivity index (χ3n) is 1.92. The molecule has 10 heteroatoms. The fourth-order valence-corrected chi connectivity index (χ4v) is 4.13. The van der Waals surface area contributed by atoms with Crippen molar-refractivity contribution in [1.82, 2.24) is 14.9 Å². The van der Waals surface area contributed by atoms with Gasteiger partial charge in [0.1, 0.15) is 0 Å². The van der Waals surface area contributed by atoms with Crippen LogP contribution in [0.15, 0.2) is 4.34 Å². The summed E-state index contributed by atoms with van der Waals surface area (Å²) in [7, 11) is -3.69. The highest BCUT2D eigenvalue weighted by molar-refractivity contribution is 9.09. The number of nitrogens with one attached hydrogen (secondary N) is 2. The van der Waals surface area contributed by atoms with Crippen molar-refractivity contribution in [3.63, 3.8) is 0 Å². The number of amides is 1. The molecule has 2 N–H and O–H groups in total. The van der Waals surface area contributed by atoms with Crippen LogP contribution in [0.5, 0.6) is 0 Å². The molecule has 7 nitrogen and oxygen atoms in total. The number of hydrogen-bond acceptors (Lipinski definition) is 6. The lowest BCUT2D eigenvalue weighted by molar-refractivity contribution is -0.114. The zero-order chi connectivity index (χ0) is 13.8. The van der Waals surface area contributed by atoms with Gasteiger partial charge in [0.2, 0.25) is 15.4 Å². The van der Waals surface area contributed by atoms with Crippen LogP contribution in [0.2, 0.25) is 0 Å². The van der Waals surface area contributed by atoms with Crippen molar-refractivity contribution in [2.24, 2.45) is 0 Å². The third kappa shape index (κ3) is 4.26. The second-order valence-corrected chi connectivity index (χ2v) is 6.95. The molecule has 1 heterocycles. The summed E-state index contributed by atoms with van der Waals surface area (Å²) in [6.45, 7) is 3.18. The minimum absolute atomic E-state index is 0.161. The van der Waals surface area contributed by atoms with E-state index in [0.717, 1.165) is 11.3 Å². The van der Waals surface area contributed by atoms with Gasteiger partial charge in [0.15, 0.2) is 0 Å². The molecule has 0 aliphatic rings. The van der Waals surface area contributed by atoms with E-state index in [2.05, 4.69) is 36.2 Å². The topological polar surface area (TPSA) is 101 Å². The molecule has 0 radical (unpaired) electrons. The lowest BCUT2D eigenvalue weighted by Crippen LogP contribution is -2.35. The Labute approximate surface area is 118 Å². The molecule has 1 aromatic rings. The fourth-order valence-electron chi connectivity index (χ4n) is 1.01. The van der Waals surface area contributed by atoms with Gasteiger partial charge in [0.25, 0.3) is 10.0 Å². The standard InChI is InChI=1S/C8H13BrN4O3S2/c1-3-6(4-9)13-18(15,16)8-12-11-7(17-8)10-5(2)14/h6,13H,3-4H2,1-2H3,(H,10,11,14). The monoisotopic (exact) mass is 356 g/mol. The number of nitrogens with zero attached hydrogens (tertiary/aromatic N) is 2. The lowest BCUT2D eigenvalue weighted by atomic mass is 10.3. The zero-order valence-corrected chi connectivity index (χ0v) is 13.0. The maximum Gasteiger partial charge on any atom is 0.270 e. The Bertz CT molecular complexity index is 512. The van der Waals surface area contributed by atoms with Gasteiger partial charge < -0.3 is 5.32 Å². The number of carbonyl (C=O) groups is 1. The minimum atomic E-state index is -3.69. The van der Waals surface area contributed by atoms with E-state index in [1.165, 1.54) is 6.92 Å². The number of carbonyl (C=O) groups excluding carboxylic acids is 1. The normalized spacial score (nSPS) is 13.3. The summed E-state index contributed by atoms with van der Waals surface area (Å²) in [5.41, 5.74) is 0. The van der Waals surface area contributed by atoms with E-state index in [9.17, 15) is 13.2 Å². The van der Waals surface area contributed by atoms with E-state index in [0.29, 0.717) is 11.8 Å². The van der Waals surface area contributed by atoms with E-state index in [1.54, 1.807) is 0 Å². The van der Waals surface area contributed by atoms with E-state index in [1.807, 2.05) is 6.92 Å². The Kier molecular flexibility index (Phi) is 5.63. The summed E-state index contributed by atoms with van der Waals surface area (Å²) < 4.78 is 26.2. The molecule has 1 aromatic heterocycles. The van der Waals surface area contributed by atoms with Gasteiger partial charge in [-0.3, -0.25) is 4.79 Å². The number of sulfonamides is 1. The Morgan fingerprint density at radius 2 is 2.17 bits per heavy atom. The number of halogens is 1. The van der Waals surface area contributed by atoms with Gasteiger partial charge in [-0.15, -0.1) is 10.2 Å². The molecule has 18 heavy (non-hydrogen) atoms. The van der Waals surface area contributed by atoms with Gasteiger partial charge in [-0.2, -0.15) is 0 Å². The molecule has 0 saturated heterocycles. The summed E-state index contributed by atoms with van der Waals surface area (Å²) >= 11 is 4.03. The maximum absolute atomic E-state index is 11.9. The van der Waals surface area contributed by atoms with Gasteiger partial charge in [0.05, 0.1) is 0 Å². The van der Waals surface area contributed by atoms with Gasteiger partial charge in [-0.1, -0.05) is 34.2 Å². The summed E-state index contributed by atoms with van der Waals surface area (Å²) in [5.74, 6) is -0.324. The Balaban J connectivity index is 2.85. The van der Waals surface area contributed by atoms with Gasteiger partial charge in [-0.25, -0.2) is 13.1 Å². The van der Waals surface area contributed by atoms with Gasteiger partial charge in [0, 0.05) is 18.3 Å². The van der Waals surface area contributed by atoms with E-state index in [-0.39, 0.29) is 21.4 Å². The minimum Gasteiger partial charge on any atom is -0.301 e. The zero-order valence-electron chi connectivity index (χ0n) is 9.81. The van der Waals surface area contributed by atoms with Crippen LogP contribution in [0.3, 0.4) is 0 Å². The number of hydrogen-bond donors (Lipinski definition) is 2. The molecular formula is C8H13BrN4O3S2. The van der Waals surface area contributed by atoms with Gasteiger partial charge in [-0.05, 0) is 6.42 Å². The molecule has 1 rings (SSSR count). The second kappa shape index (κ2) is 6.55. The number of alkyl halides is 1. The summed E-state index contributed by atoms with van der Waals surface area (Å²) in [5, 5.41) is 10.2. The number of anilines is 1. The molecule has 0 spiro atoms. The SMILES string of the molecule is CCC(CBr)NS(=O)(=O)c1nnc(NC(C)=O)s1. The van der Waals surface area contributed by atoms with Crippen LogP contribution >= 0.6 is 27.3 Å². The molecule has 1 amide bonds. The summed E-state index contributed by atoms with van der Waals surface area (Å²) in [4.78, 5) is 10.8. The molecule has 1 unspecified atom stereocenters. The molecule has 0 aromatic carbocycles. The largest absolute Gasteiger partial charge is 0.301 e. The second-order valence-electron chi connectivity index (χ2n) is 3.44. The van der Waals surface area contributed by atoms with Crippen LogP contribution < -0.4 is 10.0 Å². The van der Waals surface area contributed by atoms with E-state index >= 15 is 0 Å². The summed E-state index contributed by atoms with van der Waals surface area (Å²) in [6, 6.07) is -0.205. The first-order valence-electron chi connectivity index (χ1n) is 5.08. The highest BCUT2D eigenvalue weighted by Crippen LogP contribution is 2.20. The van der Waals surface area contributed by atoms with Crippen LogP contribution in [-0.2, 0) is 14.8 Å². The Hall–Kier alpha value is -0.580. The maximum atomic E-state index is 11.9. The third-order valence-corrected chi connectivity index (χ3v) is 5.43. The van der Waals surface area contributed by atoms with Crippen molar-refractivity contribution in [2.75, 3.05) is 10.6 Å². The van der Waals surface area contributed by atoms with Crippen LogP contribution in [-0.4, -0.2) is 35.9 Å². The quantitative estimate of drug-likeness (QED) is 0.583. The first-order chi connectivity index (χ1) is 8.39. The highest BCUT2D eigenvalue weighted by atomic mass is 79.9. The Morgan fingerprint density at radius 3 is 2.67 bits per heavy atom. The number of rotatable bonds is 6. The van der Waals surface area contributed by atoms with E-state index in [4.69, 9.17) is 0 Å². The average Bonchev–Trinajstić information content (AvgIpc) is 2.74. The molecule has 0 aliphatic heterocycles. The molecule has 102 valence electrons. The average molecular weight is 357 g/mol. The van der Waals surface area contributed by atoms with Crippen molar-refractivity contribution in [2.45, 2.75) is 30.6 Å². The van der Waals surface area contributed by atoms with Gasteiger partial charge >= 0.3 is 0 Å². The van der Waals surface area contributed by atoms with Crippen molar-refractivity contribution in [3.05, 3.63) is 0 Å². The first kappa shape index (κ1) is 15.5. The number of aromatic nitrogens is 2. The predicted molar refractivity (Wildman–Crippen MR) is 72.4 cm³/mol.